The van der Waals surface area contributed by atoms with Crippen LogP contribution in [0, 0.1) is 6.92 Å². The number of rotatable bonds is 8. The van der Waals surface area contributed by atoms with Gasteiger partial charge in [-0.25, -0.2) is 0 Å². The quantitative estimate of drug-likeness (QED) is 0.219. The van der Waals surface area contributed by atoms with Crippen molar-refractivity contribution in [3.8, 4) is 5.75 Å². The molecule has 5 heteroatoms. The zero-order valence-corrected chi connectivity index (χ0v) is 23.4. The molecule has 1 aliphatic carbocycles. The molecule has 0 fully saturated rings. The Labute approximate surface area is 231 Å². The summed E-state index contributed by atoms with van der Waals surface area (Å²) in [6.07, 6.45) is 3.67. The number of aliphatic hydroxyl groups is 1. The minimum atomic E-state index is -0.389. The van der Waals surface area contributed by atoms with E-state index in [1.807, 2.05) is 66.9 Å². The van der Waals surface area contributed by atoms with Crippen LogP contribution < -0.4 is 4.74 Å². The Morgan fingerprint density at radius 1 is 1.05 bits per heavy atom. The van der Waals surface area contributed by atoms with Crippen molar-refractivity contribution in [3.63, 3.8) is 0 Å². The molecule has 4 nitrogen and oxygen atoms in total. The summed E-state index contributed by atoms with van der Waals surface area (Å²) in [5, 5.41) is 12.0. The van der Waals surface area contributed by atoms with Gasteiger partial charge in [-0.15, -0.1) is 0 Å². The number of aliphatic hydroxyl groups excluding tert-OH is 1. The third-order valence-corrected chi connectivity index (χ3v) is 7.90. The number of Topliss-reactive ketones (excluding diaryl/α,β-unsaturated/α-hetero) is 1. The molecule has 1 aliphatic rings. The lowest BCUT2D eigenvalue weighted by atomic mass is 9.74. The molecule has 0 atom stereocenters. The van der Waals surface area contributed by atoms with Gasteiger partial charge < -0.3 is 14.4 Å². The van der Waals surface area contributed by atoms with Crippen molar-refractivity contribution in [3.05, 3.63) is 130 Å². The summed E-state index contributed by atoms with van der Waals surface area (Å²) in [6.45, 7) is 11.6. The predicted octanol–water partition coefficient (Wildman–Crippen LogP) is 8.10. The highest BCUT2D eigenvalue weighted by atomic mass is 79.9. The van der Waals surface area contributed by atoms with Crippen LogP contribution in [0.25, 0.3) is 16.5 Å². The molecule has 3 aromatic carbocycles. The highest BCUT2D eigenvalue weighted by Crippen LogP contribution is 2.42. The Hall–Kier alpha value is -3.83. The number of fused-ring (bicyclic) bond motifs is 1. The highest BCUT2D eigenvalue weighted by Gasteiger charge is 2.37. The summed E-state index contributed by atoms with van der Waals surface area (Å²) < 4.78 is 8.98. The standard InChI is InChI=1S/C33H30BrNO3/c1-21-9-5-7-11-28(21)33(3,4)22(2)19-26-31(36)30(32(26)37)27-20-35(29-12-8-6-10-25(27)29)17-18-38-24-15-13-23(34)14-16-24/h5-16,19-20,36H,2,17-18H2,1,3-4H3/b26-19+. The molecule has 0 spiro atoms. The monoisotopic (exact) mass is 567 g/mol. The molecule has 1 aromatic heterocycles. The average molecular weight is 569 g/mol. The second kappa shape index (κ2) is 10.1. The Kier molecular flexibility index (Phi) is 6.89. The first-order valence-electron chi connectivity index (χ1n) is 12.6. The zero-order chi connectivity index (χ0) is 27.0. The van der Waals surface area contributed by atoms with E-state index in [1.165, 1.54) is 0 Å². The van der Waals surface area contributed by atoms with Crippen molar-refractivity contribution >= 4 is 38.2 Å². The fraction of sp³-hybridized carbons (Fsp3) is 0.182. The molecule has 0 aliphatic heterocycles. The lowest BCUT2D eigenvalue weighted by Gasteiger charge is -2.30. The molecule has 0 saturated heterocycles. The zero-order valence-electron chi connectivity index (χ0n) is 21.8. The number of hydrogen-bond acceptors (Lipinski definition) is 3. The van der Waals surface area contributed by atoms with Gasteiger partial charge in [0.1, 0.15) is 18.1 Å². The molecule has 0 unspecified atom stereocenters. The van der Waals surface area contributed by atoms with E-state index in [0.717, 1.165) is 43.4 Å². The van der Waals surface area contributed by atoms with Crippen LogP contribution >= 0.6 is 15.9 Å². The summed E-state index contributed by atoms with van der Waals surface area (Å²) in [4.78, 5) is 13.4. The molecule has 5 rings (SSSR count). The molecule has 1 N–H and O–H groups in total. The normalized spacial score (nSPS) is 14.7. The van der Waals surface area contributed by atoms with Crippen molar-refractivity contribution < 1.29 is 14.6 Å². The molecular formula is C33H30BrNO3. The summed E-state index contributed by atoms with van der Waals surface area (Å²) in [7, 11) is 0. The summed E-state index contributed by atoms with van der Waals surface area (Å²) >= 11 is 3.44. The van der Waals surface area contributed by atoms with Crippen LogP contribution in [0.4, 0.5) is 0 Å². The number of carbonyl (C=O) groups is 1. The van der Waals surface area contributed by atoms with Gasteiger partial charge in [0, 0.05) is 32.6 Å². The van der Waals surface area contributed by atoms with Crippen LogP contribution in [-0.2, 0) is 16.8 Å². The molecular weight excluding hydrogens is 538 g/mol. The molecule has 0 amide bonds. The number of aromatic nitrogens is 1. The van der Waals surface area contributed by atoms with Gasteiger partial charge >= 0.3 is 0 Å². The Morgan fingerprint density at radius 3 is 2.45 bits per heavy atom. The maximum absolute atomic E-state index is 13.4. The van der Waals surface area contributed by atoms with Crippen molar-refractivity contribution in [1.82, 2.24) is 4.57 Å². The van der Waals surface area contributed by atoms with Gasteiger partial charge in [-0.3, -0.25) is 4.79 Å². The van der Waals surface area contributed by atoms with Crippen LogP contribution in [0.15, 0.2) is 113 Å². The number of ketones is 1. The van der Waals surface area contributed by atoms with Gasteiger partial charge in [0.15, 0.2) is 0 Å². The van der Waals surface area contributed by atoms with Crippen LogP contribution in [0.1, 0.15) is 30.5 Å². The fourth-order valence-electron chi connectivity index (χ4n) is 5.03. The van der Waals surface area contributed by atoms with Crippen molar-refractivity contribution in [1.29, 1.82) is 0 Å². The minimum absolute atomic E-state index is 0.0192. The largest absolute Gasteiger partial charge is 0.506 e. The molecule has 0 radical (unpaired) electrons. The summed E-state index contributed by atoms with van der Waals surface area (Å²) in [6, 6.07) is 23.8. The number of halogens is 1. The predicted molar refractivity (Wildman–Crippen MR) is 158 cm³/mol. The number of nitrogens with zero attached hydrogens (tertiary/aromatic N) is 1. The van der Waals surface area contributed by atoms with E-state index >= 15 is 0 Å². The molecule has 4 aromatic rings. The van der Waals surface area contributed by atoms with E-state index in [0.29, 0.717) is 24.3 Å². The molecule has 192 valence electrons. The number of allylic oxidation sites excluding steroid dienone is 4. The van der Waals surface area contributed by atoms with Crippen LogP contribution in [0.2, 0.25) is 0 Å². The Balaban J connectivity index is 1.42. The van der Waals surface area contributed by atoms with Crippen LogP contribution in [-0.4, -0.2) is 22.1 Å². The second-order valence-electron chi connectivity index (χ2n) is 10.1. The van der Waals surface area contributed by atoms with E-state index < -0.39 is 0 Å². The maximum Gasteiger partial charge on any atom is 0.201 e. The summed E-state index contributed by atoms with van der Waals surface area (Å²) in [5.41, 5.74) is 5.06. The third-order valence-electron chi connectivity index (χ3n) is 7.38. The number of benzene rings is 3. The van der Waals surface area contributed by atoms with Crippen LogP contribution in [0.3, 0.4) is 0 Å². The number of carbonyl (C=O) groups excluding carboxylic acids is 1. The number of hydrogen-bond donors (Lipinski definition) is 1. The number of para-hydroxylation sites is 1. The van der Waals surface area contributed by atoms with Gasteiger partial charge in [-0.2, -0.15) is 0 Å². The third kappa shape index (κ3) is 4.63. The van der Waals surface area contributed by atoms with E-state index in [9.17, 15) is 9.90 Å². The Bertz CT molecular complexity index is 1620. The van der Waals surface area contributed by atoms with Gasteiger partial charge in [0.05, 0.1) is 17.7 Å². The van der Waals surface area contributed by atoms with E-state index in [-0.39, 0.29) is 17.0 Å². The maximum atomic E-state index is 13.4. The Morgan fingerprint density at radius 2 is 1.74 bits per heavy atom. The first-order valence-corrected chi connectivity index (χ1v) is 13.4. The molecule has 1 heterocycles. The van der Waals surface area contributed by atoms with Gasteiger partial charge in [0.2, 0.25) is 5.78 Å². The highest BCUT2D eigenvalue weighted by molar-refractivity contribution is 9.10. The topological polar surface area (TPSA) is 51.5 Å². The first-order chi connectivity index (χ1) is 18.2. The van der Waals surface area contributed by atoms with Gasteiger partial charge in [0.25, 0.3) is 0 Å². The van der Waals surface area contributed by atoms with Gasteiger partial charge in [-0.1, -0.05) is 78.8 Å². The van der Waals surface area contributed by atoms with E-state index in [1.54, 1.807) is 6.08 Å². The van der Waals surface area contributed by atoms with E-state index in [2.05, 4.69) is 60.0 Å². The smallest absolute Gasteiger partial charge is 0.201 e. The number of aryl methyl sites for hydroxylation is 1. The number of ether oxygens (including phenoxy) is 1. The lowest BCUT2D eigenvalue weighted by molar-refractivity contribution is -0.111. The lowest BCUT2D eigenvalue weighted by Crippen LogP contribution is -2.24. The SMILES string of the molecule is C=C(/C=C1/C(=O)C(c2cn(CCOc3ccc(Br)cc3)c3ccccc23)=C1O)C(C)(C)c1ccccc1C. The second-order valence-corrected chi connectivity index (χ2v) is 11.0. The minimum Gasteiger partial charge on any atom is -0.506 e. The summed E-state index contributed by atoms with van der Waals surface area (Å²) in [5.74, 6) is 0.645. The van der Waals surface area contributed by atoms with Crippen LogP contribution in [0.5, 0.6) is 5.75 Å². The molecule has 0 saturated carbocycles. The van der Waals surface area contributed by atoms with Crippen molar-refractivity contribution in [2.45, 2.75) is 32.7 Å². The first kappa shape index (κ1) is 25.8. The molecule has 0 bridgehead atoms. The van der Waals surface area contributed by atoms with E-state index in [4.69, 9.17) is 4.74 Å². The average Bonchev–Trinajstić information content (AvgIpc) is 3.26. The van der Waals surface area contributed by atoms with Crippen molar-refractivity contribution in [2.24, 2.45) is 0 Å². The van der Waals surface area contributed by atoms with Gasteiger partial charge in [-0.05, 0) is 60.0 Å². The van der Waals surface area contributed by atoms with Crippen molar-refractivity contribution in [2.75, 3.05) is 6.61 Å². The fourth-order valence-corrected chi connectivity index (χ4v) is 5.30. The molecule has 38 heavy (non-hydrogen) atoms.